The molecule has 0 spiro atoms. The Morgan fingerprint density at radius 1 is 1.13 bits per heavy atom. The van der Waals surface area contributed by atoms with Crippen molar-refractivity contribution in [2.75, 3.05) is 19.8 Å². The van der Waals surface area contributed by atoms with Crippen LogP contribution in [0.1, 0.15) is 31.0 Å². The highest BCUT2D eigenvalue weighted by molar-refractivity contribution is 5.69. The van der Waals surface area contributed by atoms with Gasteiger partial charge < -0.3 is 18.9 Å². The molecule has 4 rings (SSSR count). The summed E-state index contributed by atoms with van der Waals surface area (Å²) in [5.74, 6) is 0.196. The maximum Gasteiger partial charge on any atom is 0.412 e. The zero-order valence-corrected chi connectivity index (χ0v) is 17.5. The lowest BCUT2D eigenvalue weighted by molar-refractivity contribution is 0.00513. The number of hydrogen-bond acceptors (Lipinski definition) is 5. The van der Waals surface area contributed by atoms with Gasteiger partial charge in [-0.1, -0.05) is 67.6 Å². The van der Waals surface area contributed by atoms with Crippen molar-refractivity contribution in [3.8, 4) is 0 Å². The first kappa shape index (κ1) is 20.8. The van der Waals surface area contributed by atoms with Crippen molar-refractivity contribution in [1.82, 2.24) is 4.90 Å². The van der Waals surface area contributed by atoms with Crippen molar-refractivity contribution in [1.29, 1.82) is 0 Å². The summed E-state index contributed by atoms with van der Waals surface area (Å²) in [5, 5.41) is 0. The Kier molecular flexibility index (Phi) is 6.67. The predicted octanol–water partition coefficient (Wildman–Crippen LogP) is 4.16. The second kappa shape index (κ2) is 9.60. The highest BCUT2D eigenvalue weighted by Gasteiger charge is 2.56. The summed E-state index contributed by atoms with van der Waals surface area (Å²) in [6.45, 7) is 5.83. The van der Waals surface area contributed by atoms with Gasteiger partial charge >= 0.3 is 6.09 Å². The molecule has 5 atom stereocenters. The molecule has 0 aromatic heterocycles. The van der Waals surface area contributed by atoms with Crippen molar-refractivity contribution in [2.45, 2.75) is 44.9 Å². The van der Waals surface area contributed by atoms with Gasteiger partial charge in [-0.05, 0) is 18.1 Å². The molecule has 2 aromatic carbocycles. The van der Waals surface area contributed by atoms with Crippen LogP contribution in [-0.2, 0) is 25.6 Å². The van der Waals surface area contributed by atoms with E-state index in [2.05, 4.69) is 19.1 Å². The minimum atomic E-state index is -0.448. The molecule has 0 aliphatic carbocycles. The summed E-state index contributed by atoms with van der Waals surface area (Å²) in [6, 6.07) is 19.8. The van der Waals surface area contributed by atoms with E-state index in [4.69, 9.17) is 18.9 Å². The first-order chi connectivity index (χ1) is 14.7. The van der Waals surface area contributed by atoms with E-state index < -0.39 is 6.23 Å². The Morgan fingerprint density at radius 3 is 2.53 bits per heavy atom. The van der Waals surface area contributed by atoms with Crippen LogP contribution in [0.25, 0.3) is 0 Å². The molecule has 6 nitrogen and oxygen atoms in total. The van der Waals surface area contributed by atoms with Gasteiger partial charge in [-0.2, -0.15) is 0 Å². The molecule has 0 N–H and O–H groups in total. The second-order valence-electron chi connectivity index (χ2n) is 7.80. The number of epoxide rings is 1. The number of carbonyl (C=O) groups is 1. The Labute approximate surface area is 177 Å². The van der Waals surface area contributed by atoms with E-state index in [9.17, 15) is 4.79 Å². The van der Waals surface area contributed by atoms with Gasteiger partial charge in [0.25, 0.3) is 0 Å². The van der Waals surface area contributed by atoms with Gasteiger partial charge in [-0.25, -0.2) is 4.79 Å². The van der Waals surface area contributed by atoms with Gasteiger partial charge in [-0.15, -0.1) is 0 Å². The molecular formula is C24H29NO5. The number of nitrogens with zero attached hydrogens (tertiary/aromatic N) is 1. The van der Waals surface area contributed by atoms with Gasteiger partial charge in [0.2, 0.25) is 0 Å². The summed E-state index contributed by atoms with van der Waals surface area (Å²) < 4.78 is 23.2. The highest BCUT2D eigenvalue weighted by Crippen LogP contribution is 2.41. The van der Waals surface area contributed by atoms with E-state index in [1.807, 2.05) is 55.5 Å². The molecule has 2 aromatic rings. The third kappa shape index (κ3) is 4.67. The quantitative estimate of drug-likeness (QED) is 0.611. The highest BCUT2D eigenvalue weighted by atomic mass is 16.6. The molecule has 160 valence electrons. The molecule has 1 amide bonds. The SMILES string of the molecule is CCOC(=O)N1[C@@H]([C@@H]2O[C@@H]2[C@@H](C)COCc2ccccc2)OC[C@H]1c1ccccc1. The Balaban J connectivity index is 1.36. The van der Waals surface area contributed by atoms with Crippen molar-refractivity contribution < 1.29 is 23.7 Å². The van der Waals surface area contributed by atoms with E-state index in [1.165, 1.54) is 0 Å². The lowest BCUT2D eigenvalue weighted by atomic mass is 10.0. The molecular weight excluding hydrogens is 382 g/mol. The third-order valence-electron chi connectivity index (χ3n) is 5.59. The van der Waals surface area contributed by atoms with E-state index in [-0.39, 0.29) is 30.3 Å². The number of carbonyl (C=O) groups excluding carboxylic acids is 1. The summed E-state index contributed by atoms with van der Waals surface area (Å²) in [5.41, 5.74) is 2.18. The topological polar surface area (TPSA) is 60.5 Å². The van der Waals surface area contributed by atoms with Gasteiger partial charge in [0.1, 0.15) is 6.10 Å². The molecule has 0 unspecified atom stereocenters. The third-order valence-corrected chi connectivity index (χ3v) is 5.59. The van der Waals surface area contributed by atoms with Crippen molar-refractivity contribution >= 4 is 6.09 Å². The predicted molar refractivity (Wildman–Crippen MR) is 112 cm³/mol. The smallest absolute Gasteiger partial charge is 0.412 e. The Hall–Kier alpha value is -2.41. The van der Waals surface area contributed by atoms with Crippen LogP contribution in [0.2, 0.25) is 0 Å². The zero-order valence-electron chi connectivity index (χ0n) is 17.5. The van der Waals surface area contributed by atoms with E-state index in [0.717, 1.165) is 11.1 Å². The average molecular weight is 411 g/mol. The minimum absolute atomic E-state index is 0.00257. The van der Waals surface area contributed by atoms with Crippen LogP contribution in [0.15, 0.2) is 60.7 Å². The van der Waals surface area contributed by atoms with Crippen molar-refractivity contribution in [3.63, 3.8) is 0 Å². The summed E-state index contributed by atoms with van der Waals surface area (Å²) in [7, 11) is 0. The molecule has 0 radical (unpaired) electrons. The molecule has 2 saturated heterocycles. The number of hydrogen-bond donors (Lipinski definition) is 0. The molecule has 2 aliphatic heterocycles. The fraction of sp³-hybridized carbons (Fsp3) is 0.458. The molecule has 2 fully saturated rings. The lowest BCUT2D eigenvalue weighted by Crippen LogP contribution is -2.42. The molecule has 30 heavy (non-hydrogen) atoms. The van der Waals surface area contributed by atoms with Crippen molar-refractivity contribution in [2.24, 2.45) is 5.92 Å². The summed E-state index contributed by atoms with van der Waals surface area (Å²) in [6.07, 6.45) is -0.984. The number of benzene rings is 2. The lowest BCUT2D eigenvalue weighted by Gasteiger charge is -2.27. The summed E-state index contributed by atoms with van der Waals surface area (Å²) >= 11 is 0. The fourth-order valence-corrected chi connectivity index (χ4v) is 4.00. The first-order valence-corrected chi connectivity index (χ1v) is 10.6. The van der Waals surface area contributed by atoms with Crippen LogP contribution in [0.3, 0.4) is 0 Å². The average Bonchev–Trinajstić information content (AvgIpc) is 3.45. The van der Waals surface area contributed by atoms with E-state index in [1.54, 1.807) is 4.90 Å². The first-order valence-electron chi connectivity index (χ1n) is 10.6. The number of ether oxygens (including phenoxy) is 4. The van der Waals surface area contributed by atoms with E-state index in [0.29, 0.717) is 26.4 Å². The Bertz CT molecular complexity index is 815. The van der Waals surface area contributed by atoms with Gasteiger partial charge in [0, 0.05) is 5.92 Å². The monoisotopic (exact) mass is 411 g/mol. The van der Waals surface area contributed by atoms with Crippen LogP contribution in [0.4, 0.5) is 4.79 Å². The standard InChI is InChI=1S/C24H29NO5/c1-3-28-24(26)25-20(19-12-8-5-9-13-19)16-29-23(25)22-21(30-22)17(2)14-27-15-18-10-6-4-7-11-18/h4-13,17,20-23H,3,14-16H2,1-2H3/t17-,20-,21+,22+,23+/m0/s1. The Morgan fingerprint density at radius 2 is 1.83 bits per heavy atom. The van der Waals surface area contributed by atoms with E-state index >= 15 is 0 Å². The van der Waals surface area contributed by atoms with Gasteiger partial charge in [-0.3, -0.25) is 4.90 Å². The fourth-order valence-electron chi connectivity index (χ4n) is 4.00. The van der Waals surface area contributed by atoms with Crippen LogP contribution in [0, 0.1) is 5.92 Å². The normalized spacial score (nSPS) is 26.4. The molecule has 2 aliphatic rings. The molecule has 0 bridgehead atoms. The minimum Gasteiger partial charge on any atom is -0.450 e. The van der Waals surface area contributed by atoms with Crippen molar-refractivity contribution in [3.05, 3.63) is 71.8 Å². The molecule has 6 heteroatoms. The van der Waals surface area contributed by atoms with Crippen LogP contribution in [-0.4, -0.2) is 49.2 Å². The molecule has 2 heterocycles. The number of amides is 1. The maximum atomic E-state index is 12.7. The number of rotatable bonds is 8. The second-order valence-corrected chi connectivity index (χ2v) is 7.80. The van der Waals surface area contributed by atoms with Crippen LogP contribution in [0.5, 0.6) is 0 Å². The summed E-state index contributed by atoms with van der Waals surface area (Å²) in [4.78, 5) is 14.4. The zero-order chi connectivity index (χ0) is 20.9. The van der Waals surface area contributed by atoms with Crippen LogP contribution < -0.4 is 0 Å². The maximum absolute atomic E-state index is 12.7. The van der Waals surface area contributed by atoms with Gasteiger partial charge in [0.15, 0.2) is 6.23 Å². The molecule has 0 saturated carbocycles. The van der Waals surface area contributed by atoms with Gasteiger partial charge in [0.05, 0.1) is 38.6 Å². The van der Waals surface area contributed by atoms with Crippen LogP contribution >= 0.6 is 0 Å². The largest absolute Gasteiger partial charge is 0.450 e.